The molecule has 0 bridgehead atoms. The van der Waals surface area contributed by atoms with Crippen molar-refractivity contribution in [3.8, 4) is 11.3 Å². The maximum absolute atomic E-state index is 13.8. The van der Waals surface area contributed by atoms with Crippen LogP contribution in [0.25, 0.3) is 22.2 Å². The number of carbonyl (C=O) groups is 2. The highest BCUT2D eigenvalue weighted by molar-refractivity contribution is 6.02. The third kappa shape index (κ3) is 5.56. The zero-order valence-electron chi connectivity index (χ0n) is 25.6. The number of piperidine rings is 1. The van der Waals surface area contributed by atoms with Crippen LogP contribution in [-0.4, -0.2) is 68.2 Å². The summed E-state index contributed by atoms with van der Waals surface area (Å²) in [6.07, 6.45) is 9.47. The molecule has 0 radical (unpaired) electrons. The van der Waals surface area contributed by atoms with Crippen molar-refractivity contribution >= 4 is 28.4 Å². The van der Waals surface area contributed by atoms with Crippen molar-refractivity contribution in [2.24, 2.45) is 5.92 Å². The number of anilines is 1. The number of fused-ring (bicyclic) bond motifs is 5. The summed E-state index contributed by atoms with van der Waals surface area (Å²) in [6, 6.07) is 13.0. The minimum atomic E-state index is -0.0612. The SMILES string of the molecule is CNC(=O)c1ccc2c(C3CCCCC3)c3n(c2c1)CCN(CC(=O)N1CCC[C@@H](CCOC)C1)c1cc(C)ccc1-3. The van der Waals surface area contributed by atoms with Gasteiger partial charge in [0.15, 0.2) is 0 Å². The Bertz CT molecular complexity index is 1450. The number of ether oxygens (including phenoxy) is 1. The quantitative estimate of drug-likeness (QED) is 0.372. The molecular formula is C35H46N4O3. The summed E-state index contributed by atoms with van der Waals surface area (Å²) in [6.45, 7) is 6.47. The highest BCUT2D eigenvalue weighted by atomic mass is 16.5. The zero-order valence-corrected chi connectivity index (χ0v) is 25.6. The Hall–Kier alpha value is -3.32. The van der Waals surface area contributed by atoms with E-state index in [1.54, 1.807) is 14.2 Å². The summed E-state index contributed by atoms with van der Waals surface area (Å²) in [7, 11) is 3.44. The number of rotatable bonds is 7. The molecule has 42 heavy (non-hydrogen) atoms. The monoisotopic (exact) mass is 570 g/mol. The van der Waals surface area contributed by atoms with Crippen LogP contribution in [0, 0.1) is 12.8 Å². The van der Waals surface area contributed by atoms with Gasteiger partial charge in [-0.05, 0) is 80.2 Å². The molecule has 1 aromatic heterocycles. The van der Waals surface area contributed by atoms with Gasteiger partial charge in [-0.15, -0.1) is 0 Å². The molecule has 0 spiro atoms. The number of amides is 2. The Labute approximate surface area is 250 Å². The van der Waals surface area contributed by atoms with Crippen molar-refractivity contribution in [3.05, 3.63) is 53.1 Å². The van der Waals surface area contributed by atoms with E-state index in [1.165, 1.54) is 66.3 Å². The number of likely N-dealkylation sites (tertiary alicyclic amines) is 1. The van der Waals surface area contributed by atoms with Gasteiger partial charge in [0.25, 0.3) is 5.91 Å². The molecule has 2 amide bonds. The van der Waals surface area contributed by atoms with E-state index in [0.29, 0.717) is 23.9 Å². The summed E-state index contributed by atoms with van der Waals surface area (Å²) in [4.78, 5) is 30.9. The molecular weight excluding hydrogens is 524 g/mol. The number of methoxy groups -OCH3 is 1. The Balaban J connectivity index is 1.40. The van der Waals surface area contributed by atoms with Gasteiger partial charge in [0.1, 0.15) is 0 Å². The molecule has 1 N–H and O–H groups in total. The van der Waals surface area contributed by atoms with Crippen LogP contribution in [0.4, 0.5) is 5.69 Å². The van der Waals surface area contributed by atoms with Crippen LogP contribution in [0.15, 0.2) is 36.4 Å². The van der Waals surface area contributed by atoms with Gasteiger partial charge in [0.2, 0.25) is 5.91 Å². The lowest BCUT2D eigenvalue weighted by atomic mass is 9.81. The number of aryl methyl sites for hydroxylation is 1. The Morgan fingerprint density at radius 1 is 0.976 bits per heavy atom. The third-order valence-electron chi connectivity index (χ3n) is 9.88. The molecule has 1 saturated heterocycles. The topological polar surface area (TPSA) is 66.8 Å². The summed E-state index contributed by atoms with van der Waals surface area (Å²) in [5.41, 5.74) is 8.10. The number of aromatic nitrogens is 1. The van der Waals surface area contributed by atoms with Gasteiger partial charge in [-0.2, -0.15) is 0 Å². The van der Waals surface area contributed by atoms with Crippen LogP contribution >= 0.6 is 0 Å². The van der Waals surface area contributed by atoms with Crippen molar-refractivity contribution in [1.82, 2.24) is 14.8 Å². The summed E-state index contributed by atoms with van der Waals surface area (Å²) >= 11 is 0. The van der Waals surface area contributed by atoms with E-state index in [2.05, 4.69) is 56.9 Å². The van der Waals surface area contributed by atoms with Crippen LogP contribution in [0.3, 0.4) is 0 Å². The molecule has 2 fully saturated rings. The largest absolute Gasteiger partial charge is 0.385 e. The highest BCUT2D eigenvalue weighted by Crippen LogP contribution is 2.47. The fourth-order valence-corrected chi connectivity index (χ4v) is 7.67. The van der Waals surface area contributed by atoms with Gasteiger partial charge in [0, 0.05) is 74.7 Å². The molecule has 1 atom stereocenters. The molecule has 6 rings (SSSR count). The molecule has 2 aliphatic heterocycles. The van der Waals surface area contributed by atoms with E-state index in [0.717, 1.165) is 56.8 Å². The molecule has 7 nitrogen and oxygen atoms in total. The lowest BCUT2D eigenvalue weighted by Gasteiger charge is -2.35. The molecule has 1 aliphatic carbocycles. The van der Waals surface area contributed by atoms with Crippen molar-refractivity contribution in [1.29, 1.82) is 0 Å². The smallest absolute Gasteiger partial charge is 0.251 e. The van der Waals surface area contributed by atoms with Crippen LogP contribution in [0.1, 0.15) is 78.8 Å². The van der Waals surface area contributed by atoms with Gasteiger partial charge in [0.05, 0.1) is 12.2 Å². The first kappa shape index (κ1) is 28.8. The maximum Gasteiger partial charge on any atom is 0.251 e. The number of nitrogens with one attached hydrogen (secondary N) is 1. The molecule has 7 heteroatoms. The predicted molar refractivity (Wildman–Crippen MR) is 169 cm³/mol. The van der Waals surface area contributed by atoms with E-state index in [4.69, 9.17) is 4.74 Å². The summed E-state index contributed by atoms with van der Waals surface area (Å²) in [5, 5.41) is 4.07. The number of hydrogen-bond acceptors (Lipinski definition) is 4. The number of hydrogen-bond donors (Lipinski definition) is 1. The van der Waals surface area contributed by atoms with Crippen LogP contribution in [-0.2, 0) is 16.1 Å². The Morgan fingerprint density at radius 2 is 1.81 bits per heavy atom. The van der Waals surface area contributed by atoms with E-state index < -0.39 is 0 Å². The van der Waals surface area contributed by atoms with Crippen molar-refractivity contribution in [3.63, 3.8) is 0 Å². The second-order valence-corrected chi connectivity index (χ2v) is 12.6. The van der Waals surface area contributed by atoms with E-state index in [1.807, 2.05) is 6.07 Å². The second kappa shape index (κ2) is 12.5. The Morgan fingerprint density at radius 3 is 2.60 bits per heavy atom. The third-order valence-corrected chi connectivity index (χ3v) is 9.88. The first-order valence-electron chi connectivity index (χ1n) is 16.0. The second-order valence-electron chi connectivity index (χ2n) is 12.6. The number of carbonyl (C=O) groups excluding carboxylic acids is 2. The minimum absolute atomic E-state index is 0.0612. The molecule has 3 aromatic rings. The molecule has 3 heterocycles. The van der Waals surface area contributed by atoms with Gasteiger partial charge in [-0.3, -0.25) is 9.59 Å². The molecule has 1 saturated carbocycles. The molecule has 2 aromatic carbocycles. The first-order chi connectivity index (χ1) is 20.5. The van der Waals surface area contributed by atoms with Gasteiger partial charge >= 0.3 is 0 Å². The molecule has 3 aliphatic rings. The van der Waals surface area contributed by atoms with Crippen LogP contribution in [0.5, 0.6) is 0 Å². The van der Waals surface area contributed by atoms with E-state index in [-0.39, 0.29) is 11.8 Å². The lowest BCUT2D eigenvalue weighted by molar-refractivity contribution is -0.131. The minimum Gasteiger partial charge on any atom is -0.385 e. The summed E-state index contributed by atoms with van der Waals surface area (Å²) in [5.74, 6) is 1.17. The van der Waals surface area contributed by atoms with Crippen molar-refractivity contribution < 1.29 is 14.3 Å². The normalized spacial score (nSPS) is 19.4. The fraction of sp³-hybridized carbons (Fsp3) is 0.543. The van der Waals surface area contributed by atoms with Gasteiger partial charge < -0.3 is 24.4 Å². The van der Waals surface area contributed by atoms with Crippen LogP contribution < -0.4 is 10.2 Å². The average molecular weight is 571 g/mol. The van der Waals surface area contributed by atoms with Crippen molar-refractivity contribution in [2.75, 3.05) is 51.8 Å². The van der Waals surface area contributed by atoms with E-state index in [9.17, 15) is 9.59 Å². The molecule has 224 valence electrons. The van der Waals surface area contributed by atoms with Crippen LogP contribution in [0.2, 0.25) is 0 Å². The van der Waals surface area contributed by atoms with Gasteiger partial charge in [-0.25, -0.2) is 0 Å². The number of benzene rings is 2. The van der Waals surface area contributed by atoms with E-state index >= 15 is 0 Å². The highest BCUT2D eigenvalue weighted by Gasteiger charge is 2.32. The zero-order chi connectivity index (χ0) is 29.2. The summed E-state index contributed by atoms with van der Waals surface area (Å²) < 4.78 is 7.77. The lowest BCUT2D eigenvalue weighted by Crippen LogP contribution is -2.45. The predicted octanol–water partition coefficient (Wildman–Crippen LogP) is 6.12. The Kier molecular flexibility index (Phi) is 8.57. The average Bonchev–Trinajstić information content (AvgIpc) is 3.26. The molecule has 0 unspecified atom stereocenters. The van der Waals surface area contributed by atoms with Gasteiger partial charge in [-0.1, -0.05) is 37.5 Å². The number of nitrogens with zero attached hydrogens (tertiary/aromatic N) is 3. The maximum atomic E-state index is 13.8. The standard InChI is InChI=1S/C35H46N4O3/c1-24-11-13-29-30(20-24)37(23-32(40)38-16-7-8-25(22-38)15-19-42-3)17-18-39-31-21-27(35(41)36-2)12-14-28(31)33(34(29)39)26-9-5-4-6-10-26/h11-14,20-21,25-26H,4-10,15-19,22-23H2,1-3H3,(H,36,41)/t25-/m0/s1. The van der Waals surface area contributed by atoms with Crippen molar-refractivity contribution in [2.45, 2.75) is 70.8 Å². The first-order valence-corrected chi connectivity index (χ1v) is 16.0. The fourth-order valence-electron chi connectivity index (χ4n) is 7.67.